The van der Waals surface area contributed by atoms with Crippen molar-refractivity contribution in [3.8, 4) is 17.1 Å². The molecule has 0 spiro atoms. The number of ether oxygens (including phenoxy) is 1. The van der Waals surface area contributed by atoms with Crippen molar-refractivity contribution in [2.45, 2.75) is 25.8 Å². The Morgan fingerprint density at radius 1 is 1.17 bits per heavy atom. The Kier molecular flexibility index (Phi) is 5.52. The number of para-hydroxylation sites is 1. The lowest BCUT2D eigenvalue weighted by Gasteiger charge is -2.23. The van der Waals surface area contributed by atoms with Gasteiger partial charge in [-0.15, -0.1) is 0 Å². The van der Waals surface area contributed by atoms with Gasteiger partial charge in [0.1, 0.15) is 17.1 Å². The van der Waals surface area contributed by atoms with E-state index in [4.69, 9.17) is 13.7 Å². The highest BCUT2D eigenvalue weighted by atomic mass is 16.5. The first kappa shape index (κ1) is 19.7. The van der Waals surface area contributed by atoms with E-state index < -0.39 is 0 Å². The van der Waals surface area contributed by atoms with Gasteiger partial charge >= 0.3 is 0 Å². The quantitative estimate of drug-likeness (QED) is 0.445. The summed E-state index contributed by atoms with van der Waals surface area (Å²) in [5.74, 6) is 2.41. The predicted octanol–water partition coefficient (Wildman–Crippen LogP) is 4.64. The number of furan rings is 1. The topological polar surface area (TPSA) is 81.6 Å². The molecule has 0 aliphatic heterocycles. The van der Waals surface area contributed by atoms with Crippen molar-refractivity contribution >= 4 is 16.9 Å². The highest BCUT2D eigenvalue weighted by Crippen LogP contribution is 2.27. The second-order valence-corrected chi connectivity index (χ2v) is 7.11. The first-order valence-corrected chi connectivity index (χ1v) is 9.76. The summed E-state index contributed by atoms with van der Waals surface area (Å²) >= 11 is 0. The first-order valence-electron chi connectivity index (χ1n) is 9.76. The van der Waals surface area contributed by atoms with Gasteiger partial charge in [-0.3, -0.25) is 4.79 Å². The number of nitrogens with zero attached hydrogens (tertiary/aromatic N) is 3. The Balaban J connectivity index is 1.37. The van der Waals surface area contributed by atoms with Crippen LogP contribution in [0.25, 0.3) is 22.4 Å². The van der Waals surface area contributed by atoms with Crippen molar-refractivity contribution < 1.29 is 18.5 Å². The highest BCUT2D eigenvalue weighted by molar-refractivity contribution is 5.79. The Bertz CT molecular complexity index is 1110. The minimum atomic E-state index is -0.178. The van der Waals surface area contributed by atoms with E-state index in [0.29, 0.717) is 18.1 Å². The fourth-order valence-corrected chi connectivity index (χ4v) is 3.22. The number of carbonyl (C=O) groups excluding carboxylic acids is 1. The molecular weight excluding hydrogens is 382 g/mol. The van der Waals surface area contributed by atoms with Crippen molar-refractivity contribution in [3.63, 3.8) is 0 Å². The van der Waals surface area contributed by atoms with E-state index in [1.165, 1.54) is 0 Å². The number of hydrogen-bond donors (Lipinski definition) is 0. The fraction of sp³-hybridized carbons (Fsp3) is 0.261. The molecule has 0 saturated carbocycles. The number of aryl methyl sites for hydroxylation is 1. The molecule has 0 N–H and O–H groups in total. The van der Waals surface area contributed by atoms with Crippen LogP contribution in [0.4, 0.5) is 0 Å². The number of aromatic nitrogens is 2. The molecule has 0 bridgehead atoms. The van der Waals surface area contributed by atoms with Crippen LogP contribution in [0.5, 0.6) is 5.75 Å². The Labute approximate surface area is 174 Å². The minimum Gasteiger partial charge on any atom is -0.497 e. The maximum atomic E-state index is 12.7. The van der Waals surface area contributed by atoms with Gasteiger partial charge in [0.25, 0.3) is 0 Å². The molecule has 2 heterocycles. The largest absolute Gasteiger partial charge is 0.497 e. The van der Waals surface area contributed by atoms with Crippen LogP contribution >= 0.6 is 0 Å². The Morgan fingerprint density at radius 2 is 1.93 bits per heavy atom. The summed E-state index contributed by atoms with van der Waals surface area (Å²) in [7, 11) is 3.39. The molecule has 1 unspecified atom stereocenters. The van der Waals surface area contributed by atoms with Crippen LogP contribution in [-0.2, 0) is 11.2 Å². The zero-order valence-electron chi connectivity index (χ0n) is 17.2. The van der Waals surface area contributed by atoms with Crippen LogP contribution in [0.1, 0.15) is 31.0 Å². The number of rotatable bonds is 7. The standard InChI is InChI=1S/C23H23N3O4/c1-15(20-14-17-6-4-5-7-19(17)29-20)26(2)22(27)13-12-21-24-23(25-30-21)16-8-10-18(28-3)11-9-16/h4-11,14-15H,12-13H2,1-3H3. The predicted molar refractivity (Wildman–Crippen MR) is 112 cm³/mol. The molecule has 0 aliphatic rings. The van der Waals surface area contributed by atoms with E-state index in [1.54, 1.807) is 19.1 Å². The second-order valence-electron chi connectivity index (χ2n) is 7.11. The number of hydrogen-bond acceptors (Lipinski definition) is 6. The summed E-state index contributed by atoms with van der Waals surface area (Å²) in [6, 6.07) is 17.0. The van der Waals surface area contributed by atoms with E-state index in [-0.39, 0.29) is 18.4 Å². The molecule has 1 atom stereocenters. The Morgan fingerprint density at radius 3 is 2.67 bits per heavy atom. The molecule has 0 saturated heterocycles. The average molecular weight is 405 g/mol. The monoisotopic (exact) mass is 405 g/mol. The highest BCUT2D eigenvalue weighted by Gasteiger charge is 2.21. The lowest BCUT2D eigenvalue weighted by atomic mass is 10.2. The van der Waals surface area contributed by atoms with Crippen LogP contribution < -0.4 is 4.74 Å². The van der Waals surface area contributed by atoms with E-state index in [2.05, 4.69) is 10.1 Å². The van der Waals surface area contributed by atoms with Gasteiger partial charge in [0, 0.05) is 30.8 Å². The maximum Gasteiger partial charge on any atom is 0.227 e. The van der Waals surface area contributed by atoms with Crippen molar-refractivity contribution in [2.75, 3.05) is 14.2 Å². The molecule has 0 radical (unpaired) electrons. The zero-order valence-corrected chi connectivity index (χ0v) is 17.2. The number of benzene rings is 2. The average Bonchev–Trinajstić information content (AvgIpc) is 3.43. The molecular formula is C23H23N3O4. The molecule has 4 rings (SSSR count). The van der Waals surface area contributed by atoms with Crippen LogP contribution in [-0.4, -0.2) is 35.1 Å². The molecule has 2 aromatic carbocycles. The van der Waals surface area contributed by atoms with Gasteiger partial charge in [-0.2, -0.15) is 4.98 Å². The molecule has 1 amide bonds. The molecule has 0 fully saturated rings. The SMILES string of the molecule is COc1ccc(-c2noc(CCC(=O)N(C)C(C)c3cc4ccccc4o3)n2)cc1. The fourth-order valence-electron chi connectivity index (χ4n) is 3.22. The second kappa shape index (κ2) is 8.41. The van der Waals surface area contributed by atoms with E-state index >= 15 is 0 Å². The molecule has 4 aromatic rings. The van der Waals surface area contributed by atoms with Crippen molar-refractivity contribution in [3.05, 3.63) is 66.2 Å². The summed E-state index contributed by atoms with van der Waals surface area (Å²) in [5, 5.41) is 5.03. The molecule has 154 valence electrons. The lowest BCUT2D eigenvalue weighted by Crippen LogP contribution is -2.29. The van der Waals surface area contributed by atoms with Crippen molar-refractivity contribution in [1.82, 2.24) is 15.0 Å². The number of fused-ring (bicyclic) bond motifs is 1. The molecule has 7 nitrogen and oxygen atoms in total. The van der Waals surface area contributed by atoms with Crippen molar-refractivity contribution in [1.29, 1.82) is 0 Å². The van der Waals surface area contributed by atoms with Crippen LogP contribution in [0.3, 0.4) is 0 Å². The van der Waals surface area contributed by atoms with Crippen LogP contribution in [0.15, 0.2) is 63.5 Å². The minimum absolute atomic E-state index is 0.0212. The van der Waals surface area contributed by atoms with Gasteiger partial charge < -0.3 is 18.6 Å². The van der Waals surface area contributed by atoms with E-state index in [0.717, 1.165) is 28.0 Å². The van der Waals surface area contributed by atoms with Gasteiger partial charge in [0.15, 0.2) is 0 Å². The number of amides is 1. The zero-order chi connectivity index (χ0) is 21.1. The Hall–Kier alpha value is -3.61. The molecule has 2 aromatic heterocycles. The normalized spacial score (nSPS) is 12.1. The van der Waals surface area contributed by atoms with Gasteiger partial charge in [-0.25, -0.2) is 0 Å². The third-order valence-corrected chi connectivity index (χ3v) is 5.20. The van der Waals surface area contributed by atoms with Gasteiger partial charge in [-0.1, -0.05) is 23.4 Å². The summed E-state index contributed by atoms with van der Waals surface area (Å²) < 4.78 is 16.4. The summed E-state index contributed by atoms with van der Waals surface area (Å²) in [5.41, 5.74) is 1.64. The van der Waals surface area contributed by atoms with Crippen LogP contribution in [0, 0.1) is 0 Å². The van der Waals surface area contributed by atoms with E-state index in [9.17, 15) is 4.79 Å². The van der Waals surface area contributed by atoms with Crippen LogP contribution in [0.2, 0.25) is 0 Å². The third-order valence-electron chi connectivity index (χ3n) is 5.20. The van der Waals surface area contributed by atoms with Gasteiger partial charge in [0.05, 0.1) is 13.2 Å². The van der Waals surface area contributed by atoms with Gasteiger partial charge in [-0.05, 0) is 43.3 Å². The molecule has 0 aliphatic carbocycles. The maximum absolute atomic E-state index is 12.7. The van der Waals surface area contributed by atoms with Crippen molar-refractivity contribution in [2.24, 2.45) is 0 Å². The smallest absolute Gasteiger partial charge is 0.227 e. The summed E-state index contributed by atoms with van der Waals surface area (Å²) in [6.07, 6.45) is 0.643. The molecule has 7 heteroatoms. The van der Waals surface area contributed by atoms with Gasteiger partial charge in [0.2, 0.25) is 17.6 Å². The summed E-state index contributed by atoms with van der Waals surface area (Å²) in [6.45, 7) is 1.95. The summed E-state index contributed by atoms with van der Waals surface area (Å²) in [4.78, 5) is 18.7. The van der Waals surface area contributed by atoms with E-state index in [1.807, 2.05) is 61.5 Å². The number of carbonyl (C=O) groups is 1. The molecule has 30 heavy (non-hydrogen) atoms. The lowest BCUT2D eigenvalue weighted by molar-refractivity contribution is -0.132. The number of methoxy groups -OCH3 is 1. The first-order chi connectivity index (χ1) is 14.5. The third kappa shape index (κ3) is 4.05.